The molecule has 1 heterocycles. The first-order chi connectivity index (χ1) is 16.3. The Bertz CT molecular complexity index is 1370. The highest BCUT2D eigenvalue weighted by atomic mass is 16.5. The van der Waals surface area contributed by atoms with Gasteiger partial charge in [0.1, 0.15) is 6.61 Å². The zero-order valence-electron chi connectivity index (χ0n) is 17.8. The number of aromatic nitrogens is 1. The molecule has 5 aromatic rings. The van der Waals surface area contributed by atoms with Crippen molar-refractivity contribution in [2.75, 3.05) is 16.2 Å². The third kappa shape index (κ3) is 4.70. The summed E-state index contributed by atoms with van der Waals surface area (Å²) in [6.45, 7) is 0.162. The van der Waals surface area contributed by atoms with E-state index in [2.05, 4.69) is 16.2 Å². The molecule has 0 unspecified atom stereocenters. The van der Waals surface area contributed by atoms with E-state index in [-0.39, 0.29) is 6.61 Å². The predicted molar refractivity (Wildman–Crippen MR) is 133 cm³/mol. The topological polar surface area (TPSA) is 75.3 Å². The number of hydrogen-bond donors (Lipinski definition) is 3. The van der Waals surface area contributed by atoms with Crippen molar-refractivity contribution >= 4 is 45.0 Å². The minimum Gasteiger partial charge on any atom is -0.444 e. The molecule has 0 aliphatic carbocycles. The zero-order valence-corrected chi connectivity index (χ0v) is 17.8. The standard InChI is InChI=1S/C27H22N4O2/c32-27(28-20-10-2-1-3-11-20)33-18-19-9-8-12-21(17-19)30-31-26-22-13-4-6-15-24(22)29-25-16-7-5-14-23(25)26/h1-17,30H,18H2,(H,28,32)(H,29,31). The number of nitrogens with zero attached hydrogens (tertiary/aromatic N) is 1. The Morgan fingerprint density at radius 3 is 2.06 bits per heavy atom. The van der Waals surface area contributed by atoms with Crippen LogP contribution in [0.4, 0.5) is 21.9 Å². The van der Waals surface area contributed by atoms with E-state index in [1.54, 1.807) is 0 Å². The number of para-hydroxylation sites is 3. The van der Waals surface area contributed by atoms with E-state index in [9.17, 15) is 4.79 Å². The molecule has 0 spiro atoms. The summed E-state index contributed by atoms with van der Waals surface area (Å²) in [5.74, 6) is 0. The molecule has 162 valence electrons. The van der Waals surface area contributed by atoms with Gasteiger partial charge in [-0.3, -0.25) is 10.7 Å². The number of nitrogens with one attached hydrogen (secondary N) is 3. The van der Waals surface area contributed by atoms with Crippen LogP contribution in [0.25, 0.3) is 21.8 Å². The Balaban J connectivity index is 1.29. The number of pyridine rings is 1. The molecule has 1 amide bonds. The first-order valence-corrected chi connectivity index (χ1v) is 10.6. The van der Waals surface area contributed by atoms with Gasteiger partial charge in [0.15, 0.2) is 0 Å². The van der Waals surface area contributed by atoms with Crippen molar-refractivity contribution in [2.45, 2.75) is 6.61 Å². The van der Waals surface area contributed by atoms with E-state index in [0.29, 0.717) is 5.69 Å². The Labute approximate surface area is 191 Å². The van der Waals surface area contributed by atoms with Gasteiger partial charge in [0.2, 0.25) is 0 Å². The van der Waals surface area contributed by atoms with Crippen LogP contribution in [-0.4, -0.2) is 11.1 Å². The number of anilines is 3. The van der Waals surface area contributed by atoms with E-state index in [1.165, 1.54) is 0 Å². The van der Waals surface area contributed by atoms with Crippen LogP contribution in [0.2, 0.25) is 0 Å². The number of benzene rings is 4. The average molecular weight is 434 g/mol. The number of fused-ring (bicyclic) bond motifs is 2. The number of carbonyl (C=O) groups is 1. The van der Waals surface area contributed by atoms with E-state index < -0.39 is 6.09 Å². The smallest absolute Gasteiger partial charge is 0.411 e. The molecule has 6 nitrogen and oxygen atoms in total. The third-order valence-electron chi connectivity index (χ3n) is 5.24. The largest absolute Gasteiger partial charge is 0.444 e. The van der Waals surface area contributed by atoms with Gasteiger partial charge >= 0.3 is 6.09 Å². The van der Waals surface area contributed by atoms with Crippen molar-refractivity contribution in [3.8, 4) is 0 Å². The highest BCUT2D eigenvalue weighted by Crippen LogP contribution is 2.30. The molecule has 0 aliphatic rings. The summed E-state index contributed by atoms with van der Waals surface area (Å²) in [7, 11) is 0. The summed E-state index contributed by atoms with van der Waals surface area (Å²) in [5.41, 5.74) is 11.9. The minimum absolute atomic E-state index is 0.162. The molecule has 5 rings (SSSR count). The minimum atomic E-state index is -0.493. The maximum Gasteiger partial charge on any atom is 0.411 e. The Morgan fingerprint density at radius 1 is 0.697 bits per heavy atom. The fraction of sp³-hybridized carbons (Fsp3) is 0.0370. The number of ether oxygens (including phenoxy) is 1. The van der Waals surface area contributed by atoms with Gasteiger partial charge in [0.25, 0.3) is 0 Å². The molecular weight excluding hydrogens is 412 g/mol. The van der Waals surface area contributed by atoms with Gasteiger partial charge in [-0.05, 0) is 42.0 Å². The SMILES string of the molecule is O=C(Nc1ccccc1)OCc1cccc(NNc2c3ccccc3nc3ccccc23)c1. The lowest BCUT2D eigenvalue weighted by atomic mass is 10.1. The summed E-state index contributed by atoms with van der Waals surface area (Å²) in [6.07, 6.45) is -0.493. The maximum atomic E-state index is 12.1. The van der Waals surface area contributed by atoms with E-state index >= 15 is 0 Å². The number of rotatable bonds is 6. The van der Waals surface area contributed by atoms with Crippen molar-refractivity contribution in [1.82, 2.24) is 4.98 Å². The van der Waals surface area contributed by atoms with Gasteiger partial charge in [-0.1, -0.05) is 66.7 Å². The van der Waals surface area contributed by atoms with Crippen LogP contribution in [0, 0.1) is 0 Å². The summed E-state index contributed by atoms with van der Waals surface area (Å²) < 4.78 is 5.36. The quantitative estimate of drug-likeness (QED) is 0.208. The second kappa shape index (κ2) is 9.28. The van der Waals surface area contributed by atoms with Crippen LogP contribution in [0.3, 0.4) is 0 Å². The fourth-order valence-electron chi connectivity index (χ4n) is 3.67. The zero-order chi connectivity index (χ0) is 22.5. The van der Waals surface area contributed by atoms with Crippen LogP contribution in [0.15, 0.2) is 103 Å². The van der Waals surface area contributed by atoms with Crippen molar-refractivity contribution in [3.63, 3.8) is 0 Å². The summed E-state index contributed by atoms with van der Waals surface area (Å²) in [6, 6.07) is 33.0. The molecule has 0 bridgehead atoms. The molecule has 33 heavy (non-hydrogen) atoms. The first kappa shape index (κ1) is 20.3. The van der Waals surface area contributed by atoms with Crippen LogP contribution in [0.1, 0.15) is 5.56 Å². The van der Waals surface area contributed by atoms with Gasteiger partial charge in [0, 0.05) is 16.5 Å². The average Bonchev–Trinajstić information content (AvgIpc) is 2.86. The van der Waals surface area contributed by atoms with Gasteiger partial charge < -0.3 is 10.2 Å². The van der Waals surface area contributed by atoms with E-state index in [1.807, 2.05) is 103 Å². The van der Waals surface area contributed by atoms with Crippen LogP contribution in [-0.2, 0) is 11.3 Å². The van der Waals surface area contributed by atoms with E-state index in [0.717, 1.165) is 38.7 Å². The summed E-state index contributed by atoms with van der Waals surface area (Å²) >= 11 is 0. The molecule has 0 fully saturated rings. The molecule has 6 heteroatoms. The number of amides is 1. The molecule has 0 radical (unpaired) electrons. The Morgan fingerprint density at radius 2 is 1.33 bits per heavy atom. The summed E-state index contributed by atoms with van der Waals surface area (Å²) in [5, 5.41) is 4.77. The molecule has 1 aromatic heterocycles. The van der Waals surface area contributed by atoms with Gasteiger partial charge in [-0.15, -0.1) is 0 Å². The second-order valence-electron chi connectivity index (χ2n) is 7.54. The van der Waals surface area contributed by atoms with Crippen LogP contribution >= 0.6 is 0 Å². The van der Waals surface area contributed by atoms with E-state index in [4.69, 9.17) is 9.72 Å². The second-order valence-corrected chi connectivity index (χ2v) is 7.54. The van der Waals surface area contributed by atoms with Gasteiger partial charge in [-0.25, -0.2) is 9.78 Å². The highest BCUT2D eigenvalue weighted by molar-refractivity contribution is 6.07. The monoisotopic (exact) mass is 434 g/mol. The first-order valence-electron chi connectivity index (χ1n) is 10.6. The molecular formula is C27H22N4O2. The number of carbonyl (C=O) groups excluding carboxylic acids is 1. The third-order valence-corrected chi connectivity index (χ3v) is 5.24. The molecule has 0 saturated carbocycles. The number of hydrazine groups is 1. The lowest BCUT2D eigenvalue weighted by molar-refractivity contribution is 0.155. The molecule has 4 aromatic carbocycles. The lowest BCUT2D eigenvalue weighted by Crippen LogP contribution is -2.13. The molecule has 0 atom stereocenters. The lowest BCUT2D eigenvalue weighted by Gasteiger charge is -2.15. The Kier molecular flexibility index (Phi) is 5.72. The van der Waals surface area contributed by atoms with Gasteiger partial charge in [0.05, 0.1) is 22.4 Å². The van der Waals surface area contributed by atoms with Crippen LogP contribution in [0.5, 0.6) is 0 Å². The van der Waals surface area contributed by atoms with Crippen LogP contribution < -0.4 is 16.2 Å². The predicted octanol–water partition coefficient (Wildman–Crippen LogP) is 6.58. The fourth-order valence-corrected chi connectivity index (χ4v) is 3.67. The van der Waals surface area contributed by atoms with Gasteiger partial charge in [-0.2, -0.15) is 0 Å². The molecule has 3 N–H and O–H groups in total. The van der Waals surface area contributed by atoms with Crippen molar-refractivity contribution in [3.05, 3.63) is 109 Å². The number of hydrogen-bond acceptors (Lipinski definition) is 5. The van der Waals surface area contributed by atoms with Crippen molar-refractivity contribution in [1.29, 1.82) is 0 Å². The highest BCUT2D eigenvalue weighted by Gasteiger charge is 2.09. The molecule has 0 aliphatic heterocycles. The Hall–Kier alpha value is -4.58. The normalized spacial score (nSPS) is 10.7. The molecule has 0 saturated heterocycles. The maximum absolute atomic E-state index is 12.1. The van der Waals surface area contributed by atoms with Crippen molar-refractivity contribution < 1.29 is 9.53 Å². The van der Waals surface area contributed by atoms with Crippen molar-refractivity contribution in [2.24, 2.45) is 0 Å². The summed E-state index contributed by atoms with van der Waals surface area (Å²) in [4.78, 5) is 16.8.